The van der Waals surface area contributed by atoms with Gasteiger partial charge in [-0.15, -0.1) is 10.2 Å². The third kappa shape index (κ3) is 3.34. The number of fused-ring (bicyclic) bond motifs is 1. The molecule has 1 saturated heterocycles. The zero-order chi connectivity index (χ0) is 16.8. The Morgan fingerprint density at radius 1 is 1.00 bits per heavy atom. The second-order valence-corrected chi connectivity index (χ2v) is 9.38. The summed E-state index contributed by atoms with van der Waals surface area (Å²) in [5.74, 6) is 4.27. The average Bonchev–Trinajstić information content (AvgIpc) is 3.58. The van der Waals surface area contributed by atoms with E-state index in [0.717, 1.165) is 30.1 Å². The van der Waals surface area contributed by atoms with Crippen LogP contribution in [0.1, 0.15) is 75.6 Å². The molecular formula is C19H28N4OS. The maximum absolute atomic E-state index is 12.7. The molecule has 136 valence electrons. The van der Waals surface area contributed by atoms with Crippen molar-refractivity contribution in [1.82, 2.24) is 19.7 Å². The number of amides is 1. The van der Waals surface area contributed by atoms with E-state index in [4.69, 9.17) is 0 Å². The molecule has 3 saturated carbocycles. The van der Waals surface area contributed by atoms with Crippen molar-refractivity contribution >= 4 is 17.7 Å². The fourth-order valence-electron chi connectivity index (χ4n) is 4.73. The fourth-order valence-corrected chi connectivity index (χ4v) is 5.64. The summed E-state index contributed by atoms with van der Waals surface area (Å²) < 4.78 is 2.35. The molecule has 0 aromatic carbocycles. The van der Waals surface area contributed by atoms with E-state index >= 15 is 0 Å². The number of hydrogen-bond acceptors (Lipinski definition) is 4. The van der Waals surface area contributed by atoms with Gasteiger partial charge >= 0.3 is 0 Å². The minimum atomic E-state index is 0.298. The van der Waals surface area contributed by atoms with E-state index in [-0.39, 0.29) is 0 Å². The Balaban J connectivity index is 1.21. The Morgan fingerprint density at radius 3 is 2.56 bits per heavy atom. The third-order valence-electron chi connectivity index (χ3n) is 6.51. The van der Waals surface area contributed by atoms with Crippen LogP contribution in [0.25, 0.3) is 0 Å². The molecular weight excluding hydrogens is 332 g/mol. The number of carbonyl (C=O) groups excluding carboxylic acids is 1. The first kappa shape index (κ1) is 16.2. The highest BCUT2D eigenvalue weighted by molar-refractivity contribution is 7.99. The fraction of sp³-hybridized carbons (Fsp3) is 0.842. The van der Waals surface area contributed by atoms with Crippen molar-refractivity contribution in [2.24, 2.45) is 11.8 Å². The van der Waals surface area contributed by atoms with Crippen LogP contribution in [0.15, 0.2) is 5.16 Å². The van der Waals surface area contributed by atoms with Gasteiger partial charge in [0.15, 0.2) is 5.16 Å². The maximum atomic E-state index is 12.7. The van der Waals surface area contributed by atoms with Gasteiger partial charge in [0.1, 0.15) is 5.82 Å². The summed E-state index contributed by atoms with van der Waals surface area (Å²) in [5, 5.41) is 9.85. The summed E-state index contributed by atoms with van der Waals surface area (Å²) in [7, 11) is 0. The van der Waals surface area contributed by atoms with Crippen molar-refractivity contribution in [3.63, 3.8) is 0 Å². The largest absolute Gasteiger partial charge is 0.342 e. The van der Waals surface area contributed by atoms with Crippen molar-refractivity contribution in [2.45, 2.75) is 74.9 Å². The van der Waals surface area contributed by atoms with Gasteiger partial charge in [-0.05, 0) is 50.4 Å². The van der Waals surface area contributed by atoms with Gasteiger partial charge in [0.2, 0.25) is 5.91 Å². The topological polar surface area (TPSA) is 51.0 Å². The lowest BCUT2D eigenvalue weighted by atomic mass is 9.75. The molecule has 0 N–H and O–H groups in total. The normalized spacial score (nSPS) is 29.5. The predicted octanol–water partition coefficient (Wildman–Crippen LogP) is 3.62. The van der Waals surface area contributed by atoms with Gasteiger partial charge in [-0.2, -0.15) is 0 Å². The van der Waals surface area contributed by atoms with Gasteiger partial charge in [-0.3, -0.25) is 4.79 Å². The first-order valence-electron chi connectivity index (χ1n) is 10.1. The number of hydrogen-bond donors (Lipinski definition) is 0. The van der Waals surface area contributed by atoms with Gasteiger partial charge in [0.25, 0.3) is 0 Å². The van der Waals surface area contributed by atoms with Crippen LogP contribution in [0.4, 0.5) is 0 Å². The maximum Gasteiger partial charge on any atom is 0.233 e. The smallest absolute Gasteiger partial charge is 0.233 e. The van der Waals surface area contributed by atoms with E-state index in [2.05, 4.69) is 19.7 Å². The summed E-state index contributed by atoms with van der Waals surface area (Å²) >= 11 is 1.61. The number of nitrogens with zero attached hydrogens (tertiary/aromatic N) is 4. The van der Waals surface area contributed by atoms with Crippen molar-refractivity contribution in [1.29, 1.82) is 0 Å². The van der Waals surface area contributed by atoms with Gasteiger partial charge < -0.3 is 9.47 Å². The second-order valence-electron chi connectivity index (χ2n) is 8.44. The van der Waals surface area contributed by atoms with Crippen molar-refractivity contribution in [3.05, 3.63) is 5.82 Å². The van der Waals surface area contributed by atoms with Gasteiger partial charge in [-0.1, -0.05) is 31.0 Å². The number of likely N-dealkylation sites (tertiary alicyclic amines) is 1. The SMILES string of the molecule is O=C(CSc1nnc(C2CC2)n1C1CC1)N1CC[C@@H]2CCCC[C@@H]2C1. The Kier molecular flexibility index (Phi) is 4.27. The van der Waals surface area contributed by atoms with E-state index < -0.39 is 0 Å². The molecule has 1 aromatic heterocycles. The lowest BCUT2D eigenvalue weighted by Gasteiger charge is -2.41. The van der Waals surface area contributed by atoms with Crippen LogP contribution in [0.5, 0.6) is 0 Å². The molecule has 1 aromatic rings. The molecule has 1 amide bonds. The van der Waals surface area contributed by atoms with E-state index in [0.29, 0.717) is 23.6 Å². The average molecular weight is 361 g/mol. The van der Waals surface area contributed by atoms with Crippen LogP contribution in [-0.2, 0) is 4.79 Å². The predicted molar refractivity (Wildman–Crippen MR) is 97.6 cm³/mol. The number of piperidine rings is 1. The number of rotatable bonds is 5. The standard InChI is InChI=1S/C19H28N4OS/c24-17(22-10-9-13-3-1-2-4-15(13)11-22)12-25-19-21-20-18(14-5-6-14)23(19)16-7-8-16/h13-16H,1-12H2/t13-,15+/m0/s1. The Bertz CT molecular complexity index is 652. The van der Waals surface area contributed by atoms with Crippen LogP contribution < -0.4 is 0 Å². The molecule has 0 spiro atoms. The monoisotopic (exact) mass is 360 g/mol. The van der Waals surface area contributed by atoms with Crippen LogP contribution in [0.3, 0.4) is 0 Å². The van der Waals surface area contributed by atoms with E-state index in [1.54, 1.807) is 11.8 Å². The van der Waals surface area contributed by atoms with Crippen LogP contribution >= 0.6 is 11.8 Å². The van der Waals surface area contributed by atoms with Gasteiger partial charge in [0, 0.05) is 25.0 Å². The van der Waals surface area contributed by atoms with Gasteiger partial charge in [0.05, 0.1) is 5.75 Å². The first-order valence-corrected chi connectivity index (χ1v) is 11.1. The molecule has 0 radical (unpaired) electrons. The highest BCUT2D eigenvalue weighted by atomic mass is 32.2. The molecule has 5 rings (SSSR count). The summed E-state index contributed by atoms with van der Waals surface area (Å²) in [5.41, 5.74) is 0. The molecule has 2 heterocycles. The molecule has 6 heteroatoms. The second kappa shape index (κ2) is 6.60. The Hall–Kier alpha value is -1.04. The lowest BCUT2D eigenvalue weighted by molar-refractivity contribution is -0.131. The molecule has 1 aliphatic heterocycles. The Labute approximate surface area is 153 Å². The van der Waals surface area contributed by atoms with E-state index in [1.807, 2.05) is 0 Å². The first-order chi connectivity index (χ1) is 12.3. The van der Waals surface area contributed by atoms with Crippen molar-refractivity contribution in [3.8, 4) is 0 Å². The van der Waals surface area contributed by atoms with Crippen LogP contribution in [-0.4, -0.2) is 44.4 Å². The highest BCUT2D eigenvalue weighted by Gasteiger charge is 2.37. The third-order valence-corrected chi connectivity index (χ3v) is 7.44. The molecule has 2 atom stereocenters. The molecule has 0 bridgehead atoms. The zero-order valence-electron chi connectivity index (χ0n) is 14.9. The minimum Gasteiger partial charge on any atom is -0.342 e. The van der Waals surface area contributed by atoms with Crippen LogP contribution in [0.2, 0.25) is 0 Å². The minimum absolute atomic E-state index is 0.298. The van der Waals surface area contributed by atoms with Crippen molar-refractivity contribution in [2.75, 3.05) is 18.8 Å². The molecule has 5 nitrogen and oxygen atoms in total. The summed E-state index contributed by atoms with van der Waals surface area (Å²) in [4.78, 5) is 14.9. The lowest BCUT2D eigenvalue weighted by Crippen LogP contribution is -2.45. The van der Waals surface area contributed by atoms with Gasteiger partial charge in [-0.25, -0.2) is 0 Å². The summed E-state index contributed by atoms with van der Waals surface area (Å²) in [6.07, 6.45) is 11.7. The zero-order valence-corrected chi connectivity index (χ0v) is 15.7. The number of aromatic nitrogens is 3. The quantitative estimate of drug-likeness (QED) is 0.753. The summed E-state index contributed by atoms with van der Waals surface area (Å²) in [6.45, 7) is 1.95. The summed E-state index contributed by atoms with van der Waals surface area (Å²) in [6, 6.07) is 0.598. The Morgan fingerprint density at radius 2 is 1.80 bits per heavy atom. The molecule has 25 heavy (non-hydrogen) atoms. The van der Waals surface area contributed by atoms with E-state index in [1.165, 1.54) is 63.6 Å². The number of thioether (sulfide) groups is 1. The van der Waals surface area contributed by atoms with E-state index in [9.17, 15) is 4.79 Å². The van der Waals surface area contributed by atoms with Crippen molar-refractivity contribution < 1.29 is 4.79 Å². The molecule has 4 aliphatic rings. The molecule has 3 aliphatic carbocycles. The van der Waals surface area contributed by atoms with Crippen LogP contribution in [0, 0.1) is 11.8 Å². The molecule has 0 unspecified atom stereocenters. The number of carbonyl (C=O) groups is 1. The highest BCUT2D eigenvalue weighted by Crippen LogP contribution is 2.46. The molecule has 4 fully saturated rings.